The Labute approximate surface area is 127 Å². The van der Waals surface area contributed by atoms with Crippen LogP contribution in [0.5, 0.6) is 0 Å². The molecular weight excluding hydrogens is 278 g/mol. The van der Waals surface area contributed by atoms with Gasteiger partial charge in [0.25, 0.3) is 0 Å². The standard InChI is InChI=1S/C17H23NO2Si/c1-18(2)17(20)15-10-12(11-21(3,4)5)13-8-6-7-9-14(13)16(15)19/h6-9,11,15H,10H2,1-5H3/b12-11-. The van der Waals surface area contributed by atoms with Crippen molar-refractivity contribution in [3.8, 4) is 0 Å². The Balaban J connectivity index is 2.54. The van der Waals surface area contributed by atoms with Crippen molar-refractivity contribution in [2.24, 2.45) is 5.92 Å². The van der Waals surface area contributed by atoms with Gasteiger partial charge < -0.3 is 4.90 Å². The lowest BCUT2D eigenvalue weighted by molar-refractivity contribution is -0.131. The fraction of sp³-hybridized carbons (Fsp3) is 0.412. The quantitative estimate of drug-likeness (QED) is 0.621. The van der Waals surface area contributed by atoms with Crippen LogP contribution in [0.15, 0.2) is 30.0 Å². The van der Waals surface area contributed by atoms with Crippen LogP contribution in [0.1, 0.15) is 22.3 Å². The number of ketones is 1. The molecule has 21 heavy (non-hydrogen) atoms. The van der Waals surface area contributed by atoms with Gasteiger partial charge in [0, 0.05) is 19.7 Å². The molecule has 3 nitrogen and oxygen atoms in total. The van der Waals surface area contributed by atoms with Crippen LogP contribution in [-0.4, -0.2) is 38.8 Å². The maximum Gasteiger partial charge on any atom is 0.233 e. The molecule has 0 radical (unpaired) electrons. The summed E-state index contributed by atoms with van der Waals surface area (Å²) in [5.74, 6) is -0.717. The molecule has 0 spiro atoms. The van der Waals surface area contributed by atoms with Crippen molar-refractivity contribution >= 4 is 25.3 Å². The molecule has 1 aliphatic rings. The zero-order valence-corrected chi connectivity index (χ0v) is 14.4. The summed E-state index contributed by atoms with van der Waals surface area (Å²) in [7, 11) is 1.99. The Kier molecular flexibility index (Phi) is 4.19. The van der Waals surface area contributed by atoms with Crippen LogP contribution in [-0.2, 0) is 4.79 Å². The number of carbonyl (C=O) groups is 2. The highest BCUT2D eigenvalue weighted by Crippen LogP contribution is 2.35. The van der Waals surface area contributed by atoms with Gasteiger partial charge in [0.05, 0.1) is 8.07 Å². The average Bonchev–Trinajstić information content (AvgIpc) is 2.40. The third-order valence-electron chi connectivity index (χ3n) is 3.63. The van der Waals surface area contributed by atoms with Crippen LogP contribution >= 0.6 is 0 Å². The van der Waals surface area contributed by atoms with Gasteiger partial charge in [0.15, 0.2) is 5.78 Å². The Morgan fingerprint density at radius 3 is 2.29 bits per heavy atom. The molecule has 0 aromatic heterocycles. The van der Waals surface area contributed by atoms with Crippen LogP contribution in [0.3, 0.4) is 0 Å². The Hall–Kier alpha value is -1.68. The van der Waals surface area contributed by atoms with E-state index in [9.17, 15) is 9.59 Å². The molecule has 0 saturated carbocycles. The van der Waals surface area contributed by atoms with Crippen molar-refractivity contribution in [2.45, 2.75) is 26.1 Å². The van der Waals surface area contributed by atoms with Crippen molar-refractivity contribution in [1.82, 2.24) is 4.90 Å². The molecule has 2 rings (SSSR count). The average molecular weight is 301 g/mol. The molecule has 1 atom stereocenters. The SMILES string of the molecule is CN(C)C(=O)C1C/C(=C/[Si](C)(C)C)c2ccccc2C1=O. The molecule has 1 unspecified atom stereocenters. The summed E-state index contributed by atoms with van der Waals surface area (Å²) in [5, 5.41) is 0. The zero-order chi connectivity index (χ0) is 15.8. The molecular formula is C17H23NO2Si. The second kappa shape index (κ2) is 5.60. The minimum absolute atomic E-state index is 0.0444. The van der Waals surface area contributed by atoms with Crippen molar-refractivity contribution in [1.29, 1.82) is 0 Å². The van der Waals surface area contributed by atoms with Crippen LogP contribution in [0, 0.1) is 5.92 Å². The van der Waals surface area contributed by atoms with E-state index in [4.69, 9.17) is 0 Å². The first kappa shape index (κ1) is 15.7. The molecule has 1 amide bonds. The highest BCUT2D eigenvalue weighted by atomic mass is 28.3. The van der Waals surface area contributed by atoms with E-state index in [0.717, 1.165) is 11.1 Å². The largest absolute Gasteiger partial charge is 0.348 e. The number of rotatable bonds is 2. The third kappa shape index (κ3) is 3.32. The fourth-order valence-corrected chi connectivity index (χ4v) is 4.08. The van der Waals surface area contributed by atoms with E-state index in [1.54, 1.807) is 14.1 Å². The second-order valence-electron chi connectivity index (χ2n) is 6.93. The maximum atomic E-state index is 12.6. The second-order valence-corrected chi connectivity index (χ2v) is 12.0. The van der Waals surface area contributed by atoms with Gasteiger partial charge in [-0.2, -0.15) is 0 Å². The number of amides is 1. The van der Waals surface area contributed by atoms with Gasteiger partial charge in [0.1, 0.15) is 5.92 Å². The Morgan fingerprint density at radius 1 is 1.19 bits per heavy atom. The topological polar surface area (TPSA) is 37.4 Å². The summed E-state index contributed by atoms with van der Waals surface area (Å²) >= 11 is 0. The molecule has 0 aliphatic heterocycles. The Bertz CT molecular complexity index is 611. The monoisotopic (exact) mass is 301 g/mol. The molecule has 1 aromatic carbocycles. The highest BCUT2D eigenvalue weighted by molar-refractivity contribution is 6.81. The molecule has 1 aliphatic carbocycles. The molecule has 0 fully saturated rings. The summed E-state index contributed by atoms with van der Waals surface area (Å²) in [6, 6.07) is 7.66. The first-order chi connectivity index (χ1) is 9.70. The number of allylic oxidation sites excluding steroid dienone is 1. The van der Waals surface area contributed by atoms with Crippen LogP contribution in [0.25, 0.3) is 5.57 Å². The summed E-state index contributed by atoms with van der Waals surface area (Å²) in [6.07, 6.45) is 0.525. The molecule has 4 heteroatoms. The number of Topliss-reactive ketones (excluding diaryl/α,β-unsaturated/α-hetero) is 1. The number of nitrogens with zero attached hydrogens (tertiary/aromatic N) is 1. The smallest absolute Gasteiger partial charge is 0.233 e. The molecule has 1 aromatic rings. The van der Waals surface area contributed by atoms with Gasteiger partial charge in [-0.25, -0.2) is 0 Å². The minimum atomic E-state index is -1.42. The van der Waals surface area contributed by atoms with Crippen LogP contribution in [0.4, 0.5) is 0 Å². The summed E-state index contributed by atoms with van der Waals surface area (Å²) in [5.41, 5.74) is 5.17. The van der Waals surface area contributed by atoms with E-state index in [2.05, 4.69) is 25.3 Å². The van der Waals surface area contributed by atoms with Crippen molar-refractivity contribution in [2.75, 3.05) is 14.1 Å². The third-order valence-corrected chi connectivity index (χ3v) is 4.84. The summed E-state index contributed by atoms with van der Waals surface area (Å²) in [4.78, 5) is 26.4. The highest BCUT2D eigenvalue weighted by Gasteiger charge is 2.36. The van der Waals surface area contributed by atoms with E-state index in [1.165, 1.54) is 4.90 Å². The number of benzene rings is 1. The number of carbonyl (C=O) groups excluding carboxylic acids is 2. The van der Waals surface area contributed by atoms with Gasteiger partial charge in [-0.3, -0.25) is 9.59 Å². The van der Waals surface area contributed by atoms with Crippen molar-refractivity contribution in [3.63, 3.8) is 0 Å². The van der Waals surface area contributed by atoms with Crippen LogP contribution in [0.2, 0.25) is 19.6 Å². The first-order valence-corrected chi connectivity index (χ1v) is 10.8. The molecule has 112 valence electrons. The van der Waals surface area contributed by atoms with Gasteiger partial charge in [-0.15, -0.1) is 0 Å². The van der Waals surface area contributed by atoms with Gasteiger partial charge >= 0.3 is 0 Å². The molecule has 0 N–H and O–H groups in total. The minimum Gasteiger partial charge on any atom is -0.348 e. The number of fused-ring (bicyclic) bond motifs is 1. The normalized spacial score (nSPS) is 20.3. The van der Waals surface area contributed by atoms with Gasteiger partial charge in [-0.1, -0.05) is 49.6 Å². The Morgan fingerprint density at radius 2 is 1.76 bits per heavy atom. The van der Waals surface area contributed by atoms with Crippen molar-refractivity contribution in [3.05, 3.63) is 41.1 Å². The van der Waals surface area contributed by atoms with Crippen molar-refractivity contribution < 1.29 is 9.59 Å². The zero-order valence-electron chi connectivity index (χ0n) is 13.4. The lowest BCUT2D eigenvalue weighted by Crippen LogP contribution is -2.37. The lowest BCUT2D eigenvalue weighted by atomic mass is 9.79. The molecule has 0 saturated heterocycles. The van der Waals surface area contributed by atoms with Gasteiger partial charge in [-0.05, 0) is 17.6 Å². The predicted molar refractivity (Wildman–Crippen MR) is 88.9 cm³/mol. The molecule has 0 bridgehead atoms. The molecule has 0 heterocycles. The maximum absolute atomic E-state index is 12.6. The van der Waals surface area contributed by atoms with E-state index in [0.29, 0.717) is 12.0 Å². The van der Waals surface area contributed by atoms with E-state index in [-0.39, 0.29) is 11.7 Å². The predicted octanol–water partition coefficient (Wildman–Crippen LogP) is 3.24. The number of hydrogen-bond donors (Lipinski definition) is 0. The van der Waals surface area contributed by atoms with E-state index < -0.39 is 14.0 Å². The first-order valence-electron chi connectivity index (χ1n) is 7.27. The summed E-state index contributed by atoms with van der Waals surface area (Å²) in [6.45, 7) is 6.80. The number of hydrogen-bond acceptors (Lipinski definition) is 2. The van der Waals surface area contributed by atoms with E-state index in [1.807, 2.05) is 24.3 Å². The summed E-state index contributed by atoms with van der Waals surface area (Å²) < 4.78 is 0. The lowest BCUT2D eigenvalue weighted by Gasteiger charge is -2.28. The van der Waals surface area contributed by atoms with Gasteiger partial charge in [0.2, 0.25) is 5.91 Å². The van der Waals surface area contributed by atoms with E-state index >= 15 is 0 Å². The van der Waals surface area contributed by atoms with Crippen LogP contribution < -0.4 is 0 Å². The fourth-order valence-electron chi connectivity index (χ4n) is 2.76.